The van der Waals surface area contributed by atoms with E-state index in [1.54, 1.807) is 0 Å². The minimum Gasteiger partial charge on any atom is -0.271 e. The van der Waals surface area contributed by atoms with E-state index in [1.807, 2.05) is 0 Å². The van der Waals surface area contributed by atoms with E-state index >= 15 is 0 Å². The van der Waals surface area contributed by atoms with Crippen molar-refractivity contribution in [3.63, 3.8) is 0 Å². The van der Waals surface area contributed by atoms with Gasteiger partial charge in [-0.3, -0.25) is 11.3 Å². The summed E-state index contributed by atoms with van der Waals surface area (Å²) in [6.45, 7) is 6.77. The summed E-state index contributed by atoms with van der Waals surface area (Å²) >= 11 is 5.87. The number of nitrogens with one attached hydrogen (secondary N) is 1. The highest BCUT2D eigenvalue weighted by Crippen LogP contribution is 2.30. The molecule has 0 spiro atoms. The van der Waals surface area contributed by atoms with Crippen molar-refractivity contribution in [1.29, 1.82) is 0 Å². The number of halogens is 2. The molecule has 0 aliphatic heterocycles. The molecule has 2 nitrogen and oxygen atoms in total. The second kappa shape index (κ2) is 6.50. The van der Waals surface area contributed by atoms with E-state index in [-0.39, 0.29) is 6.04 Å². The molecular formula is C13H20BrIN2. The first-order chi connectivity index (χ1) is 7.83. The van der Waals surface area contributed by atoms with Crippen LogP contribution >= 0.6 is 38.5 Å². The number of hydrazine groups is 1. The molecule has 0 aliphatic carbocycles. The molecule has 1 atom stereocenters. The summed E-state index contributed by atoms with van der Waals surface area (Å²) in [6.07, 6.45) is 2.19. The molecule has 0 fully saturated rings. The van der Waals surface area contributed by atoms with Crippen LogP contribution in [0.25, 0.3) is 0 Å². The Balaban J connectivity index is 2.82. The van der Waals surface area contributed by atoms with Gasteiger partial charge in [0.25, 0.3) is 0 Å². The van der Waals surface area contributed by atoms with Gasteiger partial charge in [-0.25, -0.2) is 0 Å². The van der Waals surface area contributed by atoms with Gasteiger partial charge in [-0.2, -0.15) is 0 Å². The molecule has 3 N–H and O–H groups in total. The lowest BCUT2D eigenvalue weighted by Gasteiger charge is -2.23. The maximum Gasteiger partial charge on any atom is 0.0471 e. The third-order valence-electron chi connectivity index (χ3n) is 2.72. The fourth-order valence-corrected chi connectivity index (χ4v) is 2.78. The zero-order valence-electron chi connectivity index (χ0n) is 10.6. The summed E-state index contributed by atoms with van der Waals surface area (Å²) in [6, 6.07) is 6.54. The number of nitrogens with two attached hydrogens (primary N) is 1. The minimum atomic E-state index is 0.221. The number of hydrogen-bond donors (Lipinski definition) is 2. The molecule has 1 aromatic carbocycles. The molecule has 1 rings (SSSR count). The van der Waals surface area contributed by atoms with E-state index in [9.17, 15) is 0 Å². The minimum absolute atomic E-state index is 0.221. The fourth-order valence-electron chi connectivity index (χ4n) is 1.69. The average molecular weight is 411 g/mol. The van der Waals surface area contributed by atoms with Crippen molar-refractivity contribution in [2.75, 3.05) is 0 Å². The van der Waals surface area contributed by atoms with Crippen LogP contribution in [0.3, 0.4) is 0 Å². The summed E-state index contributed by atoms with van der Waals surface area (Å²) in [7, 11) is 0. The van der Waals surface area contributed by atoms with Gasteiger partial charge in [0.05, 0.1) is 0 Å². The number of hydrogen-bond acceptors (Lipinski definition) is 2. The first-order valence-corrected chi connectivity index (χ1v) is 7.62. The van der Waals surface area contributed by atoms with Crippen LogP contribution in [0.2, 0.25) is 0 Å². The average Bonchev–Trinajstić information content (AvgIpc) is 2.22. The quantitative estimate of drug-likeness (QED) is 0.439. The molecule has 0 saturated carbocycles. The molecule has 0 amide bonds. The summed E-state index contributed by atoms with van der Waals surface area (Å²) in [5.41, 5.74) is 4.54. The lowest BCUT2D eigenvalue weighted by atomic mass is 9.87. The van der Waals surface area contributed by atoms with Crippen LogP contribution in [0.5, 0.6) is 0 Å². The Morgan fingerprint density at radius 1 is 1.41 bits per heavy atom. The van der Waals surface area contributed by atoms with Crippen molar-refractivity contribution >= 4 is 38.5 Å². The fraction of sp³-hybridized carbons (Fsp3) is 0.538. The van der Waals surface area contributed by atoms with Crippen LogP contribution in [0.15, 0.2) is 22.7 Å². The van der Waals surface area contributed by atoms with Gasteiger partial charge in [-0.15, -0.1) is 0 Å². The van der Waals surface area contributed by atoms with Gasteiger partial charge in [-0.05, 0) is 64.6 Å². The van der Waals surface area contributed by atoms with Crippen LogP contribution in [0.4, 0.5) is 0 Å². The third-order valence-corrected chi connectivity index (χ3v) is 4.19. The van der Waals surface area contributed by atoms with E-state index in [0.717, 1.165) is 17.3 Å². The molecule has 96 valence electrons. The van der Waals surface area contributed by atoms with Crippen molar-refractivity contribution in [2.45, 2.75) is 39.7 Å². The van der Waals surface area contributed by atoms with Crippen molar-refractivity contribution in [1.82, 2.24) is 5.43 Å². The van der Waals surface area contributed by atoms with E-state index in [4.69, 9.17) is 5.84 Å². The standard InChI is InChI=1S/C13H20BrIN2/c1-13(2,3)7-6-12(17-16)10-8-9(14)4-5-11(10)15/h4-5,8,12,17H,6-7,16H2,1-3H3. The van der Waals surface area contributed by atoms with Crippen LogP contribution in [0.1, 0.15) is 45.2 Å². The molecule has 4 heteroatoms. The highest BCUT2D eigenvalue weighted by atomic mass is 127. The Labute approximate surface area is 126 Å². The molecule has 1 unspecified atom stereocenters. The summed E-state index contributed by atoms with van der Waals surface area (Å²) < 4.78 is 2.35. The maximum atomic E-state index is 5.68. The number of rotatable bonds is 4. The second-order valence-electron chi connectivity index (χ2n) is 5.48. The van der Waals surface area contributed by atoms with E-state index < -0.39 is 0 Å². The first-order valence-electron chi connectivity index (χ1n) is 5.74. The Kier molecular flexibility index (Phi) is 5.89. The van der Waals surface area contributed by atoms with Crippen molar-refractivity contribution in [2.24, 2.45) is 11.3 Å². The number of benzene rings is 1. The SMILES string of the molecule is CC(C)(C)CCC(NN)c1cc(Br)ccc1I. The van der Waals surface area contributed by atoms with Gasteiger partial charge in [0.1, 0.15) is 0 Å². The summed E-state index contributed by atoms with van der Waals surface area (Å²) in [5, 5.41) is 0. The van der Waals surface area contributed by atoms with Gasteiger partial charge >= 0.3 is 0 Å². The smallest absolute Gasteiger partial charge is 0.0471 e. The van der Waals surface area contributed by atoms with Crippen molar-refractivity contribution < 1.29 is 0 Å². The lowest BCUT2D eigenvalue weighted by molar-refractivity contribution is 0.333. The molecule has 0 heterocycles. The molecular weight excluding hydrogens is 391 g/mol. The topological polar surface area (TPSA) is 38.0 Å². The zero-order valence-corrected chi connectivity index (χ0v) is 14.3. The van der Waals surface area contributed by atoms with Gasteiger partial charge in [-0.1, -0.05) is 36.7 Å². The molecule has 1 aromatic rings. The third kappa shape index (κ3) is 5.24. The van der Waals surface area contributed by atoms with Crippen LogP contribution < -0.4 is 11.3 Å². The normalized spacial score (nSPS) is 13.8. The van der Waals surface area contributed by atoms with Crippen molar-refractivity contribution in [3.8, 4) is 0 Å². The molecule has 0 aromatic heterocycles. The molecule has 0 aliphatic rings. The van der Waals surface area contributed by atoms with Crippen LogP contribution in [-0.2, 0) is 0 Å². The predicted molar refractivity (Wildman–Crippen MR) is 85.6 cm³/mol. The Morgan fingerprint density at radius 3 is 2.59 bits per heavy atom. The predicted octanol–water partition coefficient (Wildman–Crippen LogP) is 4.38. The first kappa shape index (κ1) is 15.4. The molecule has 17 heavy (non-hydrogen) atoms. The van der Waals surface area contributed by atoms with Crippen molar-refractivity contribution in [3.05, 3.63) is 31.8 Å². The van der Waals surface area contributed by atoms with E-state index in [2.05, 4.69) is 82.9 Å². The van der Waals surface area contributed by atoms with Gasteiger partial charge in [0, 0.05) is 14.1 Å². The highest BCUT2D eigenvalue weighted by Gasteiger charge is 2.17. The van der Waals surface area contributed by atoms with Gasteiger partial charge < -0.3 is 0 Å². The second-order valence-corrected chi connectivity index (χ2v) is 7.56. The monoisotopic (exact) mass is 410 g/mol. The van der Waals surface area contributed by atoms with E-state index in [1.165, 1.54) is 9.13 Å². The van der Waals surface area contributed by atoms with Gasteiger partial charge in [0.2, 0.25) is 0 Å². The van der Waals surface area contributed by atoms with E-state index in [0.29, 0.717) is 5.41 Å². The summed E-state index contributed by atoms with van der Waals surface area (Å²) in [4.78, 5) is 0. The van der Waals surface area contributed by atoms with Gasteiger partial charge in [0.15, 0.2) is 0 Å². The Morgan fingerprint density at radius 2 is 2.06 bits per heavy atom. The van der Waals surface area contributed by atoms with Crippen LogP contribution in [0, 0.1) is 8.99 Å². The molecule has 0 bridgehead atoms. The largest absolute Gasteiger partial charge is 0.271 e. The Hall–Kier alpha value is 0.350. The highest BCUT2D eigenvalue weighted by molar-refractivity contribution is 14.1. The lowest BCUT2D eigenvalue weighted by Crippen LogP contribution is -2.29. The maximum absolute atomic E-state index is 5.68. The summed E-state index contributed by atoms with van der Waals surface area (Å²) in [5.74, 6) is 5.68. The molecule has 0 radical (unpaired) electrons. The molecule has 0 saturated heterocycles. The van der Waals surface area contributed by atoms with Crippen LogP contribution in [-0.4, -0.2) is 0 Å². The zero-order chi connectivity index (χ0) is 13.1. The Bertz CT molecular complexity index is 374.